The quantitative estimate of drug-likeness (QED) is 0.705. The maximum absolute atomic E-state index is 13.0. The van der Waals surface area contributed by atoms with Crippen LogP contribution in [0, 0.1) is 22.7 Å². The van der Waals surface area contributed by atoms with Crippen molar-refractivity contribution in [3.8, 4) is 29.0 Å². The number of nitrogens with zero attached hydrogens (tertiary/aromatic N) is 2. The molecule has 0 radical (unpaired) electrons. The van der Waals surface area contributed by atoms with Crippen molar-refractivity contribution < 1.29 is 9.53 Å². The summed E-state index contributed by atoms with van der Waals surface area (Å²) in [6.45, 7) is 2.28. The maximum atomic E-state index is 13.0. The smallest absolute Gasteiger partial charge is 0.256 e. The minimum atomic E-state index is -0.348. The van der Waals surface area contributed by atoms with Crippen LogP contribution in [0.3, 0.4) is 0 Å². The lowest BCUT2D eigenvalue weighted by molar-refractivity contribution is 0.102. The third-order valence-electron chi connectivity index (χ3n) is 4.17. The van der Waals surface area contributed by atoms with Crippen molar-refractivity contribution in [3.05, 3.63) is 83.4 Å². The average molecular weight is 367 g/mol. The van der Waals surface area contributed by atoms with E-state index in [-0.39, 0.29) is 5.91 Å². The SMILES string of the molecule is CCOc1ccc(C#N)cc1NC(=O)c1ccccc1-c1ccccc1C#N. The van der Waals surface area contributed by atoms with Gasteiger partial charge >= 0.3 is 0 Å². The number of anilines is 1. The summed E-state index contributed by atoms with van der Waals surface area (Å²) in [5.74, 6) is 0.143. The topological polar surface area (TPSA) is 85.9 Å². The standard InChI is InChI=1S/C23H17N3O2/c1-2-28-22-12-11-16(14-24)13-21(22)26-23(27)20-10-6-5-9-19(20)18-8-4-3-7-17(18)15-25/h3-13H,2H2,1H3,(H,26,27). The molecule has 0 aliphatic heterocycles. The third kappa shape index (κ3) is 3.85. The molecule has 3 rings (SSSR count). The molecule has 0 aliphatic rings. The Balaban J connectivity index is 2.02. The van der Waals surface area contributed by atoms with E-state index >= 15 is 0 Å². The predicted molar refractivity (Wildman–Crippen MR) is 107 cm³/mol. The van der Waals surface area contributed by atoms with Gasteiger partial charge in [0, 0.05) is 11.1 Å². The van der Waals surface area contributed by atoms with E-state index in [0.717, 1.165) is 0 Å². The van der Waals surface area contributed by atoms with Crippen LogP contribution in [0.25, 0.3) is 11.1 Å². The molecule has 0 fully saturated rings. The van der Waals surface area contributed by atoms with Crippen molar-refractivity contribution >= 4 is 11.6 Å². The van der Waals surface area contributed by atoms with Crippen LogP contribution in [0.4, 0.5) is 5.69 Å². The van der Waals surface area contributed by atoms with Gasteiger partial charge in [-0.15, -0.1) is 0 Å². The van der Waals surface area contributed by atoms with Gasteiger partial charge in [-0.25, -0.2) is 0 Å². The zero-order chi connectivity index (χ0) is 19.9. The lowest BCUT2D eigenvalue weighted by Gasteiger charge is -2.14. The molecule has 0 bridgehead atoms. The minimum absolute atomic E-state index is 0.348. The summed E-state index contributed by atoms with van der Waals surface area (Å²) in [4.78, 5) is 13.0. The van der Waals surface area contributed by atoms with Gasteiger partial charge < -0.3 is 10.1 Å². The summed E-state index contributed by atoms with van der Waals surface area (Å²) in [7, 11) is 0. The molecule has 3 aromatic rings. The number of carbonyl (C=O) groups excluding carboxylic acids is 1. The molecule has 5 heteroatoms. The van der Waals surface area contributed by atoms with E-state index in [9.17, 15) is 10.1 Å². The van der Waals surface area contributed by atoms with Gasteiger partial charge in [0.1, 0.15) is 5.75 Å². The first-order valence-electron chi connectivity index (χ1n) is 8.74. The number of nitriles is 2. The van der Waals surface area contributed by atoms with Crippen LogP contribution < -0.4 is 10.1 Å². The van der Waals surface area contributed by atoms with Crippen molar-refractivity contribution in [2.45, 2.75) is 6.92 Å². The lowest BCUT2D eigenvalue weighted by Crippen LogP contribution is -2.14. The van der Waals surface area contributed by atoms with E-state index in [1.54, 1.807) is 48.5 Å². The molecule has 5 nitrogen and oxygen atoms in total. The highest BCUT2D eigenvalue weighted by molar-refractivity contribution is 6.09. The summed E-state index contributed by atoms with van der Waals surface area (Å²) >= 11 is 0. The normalized spacial score (nSPS) is 9.82. The van der Waals surface area contributed by atoms with Crippen LogP contribution in [-0.4, -0.2) is 12.5 Å². The van der Waals surface area contributed by atoms with Crippen molar-refractivity contribution in [1.29, 1.82) is 10.5 Å². The Kier molecular flexibility index (Phi) is 5.69. The van der Waals surface area contributed by atoms with Crippen LogP contribution in [0.2, 0.25) is 0 Å². The highest BCUT2D eigenvalue weighted by Gasteiger charge is 2.16. The van der Waals surface area contributed by atoms with Crippen LogP contribution in [0.15, 0.2) is 66.7 Å². The molecule has 1 amide bonds. The number of nitrogens with one attached hydrogen (secondary N) is 1. The van der Waals surface area contributed by atoms with E-state index in [1.807, 2.05) is 25.1 Å². The Bertz CT molecular complexity index is 1110. The molecule has 136 valence electrons. The number of hydrogen-bond acceptors (Lipinski definition) is 4. The predicted octanol–water partition coefficient (Wildman–Crippen LogP) is 4.75. The highest BCUT2D eigenvalue weighted by Crippen LogP contribution is 2.30. The first kappa shape index (κ1) is 18.7. The van der Waals surface area contributed by atoms with Gasteiger partial charge in [-0.3, -0.25) is 4.79 Å². The second-order valence-corrected chi connectivity index (χ2v) is 5.91. The summed E-state index contributed by atoms with van der Waals surface area (Å²) in [6.07, 6.45) is 0. The van der Waals surface area contributed by atoms with Crippen LogP contribution in [-0.2, 0) is 0 Å². The zero-order valence-corrected chi connectivity index (χ0v) is 15.3. The maximum Gasteiger partial charge on any atom is 0.256 e. The number of rotatable bonds is 5. The molecule has 28 heavy (non-hydrogen) atoms. The van der Waals surface area contributed by atoms with Gasteiger partial charge in [-0.05, 0) is 42.8 Å². The Morgan fingerprint density at radius 1 is 0.964 bits per heavy atom. The first-order valence-corrected chi connectivity index (χ1v) is 8.74. The van der Waals surface area contributed by atoms with Crippen molar-refractivity contribution in [2.24, 2.45) is 0 Å². The summed E-state index contributed by atoms with van der Waals surface area (Å²) in [5, 5.41) is 21.4. The monoisotopic (exact) mass is 367 g/mol. The second kappa shape index (κ2) is 8.53. The van der Waals surface area contributed by atoms with Gasteiger partial charge in [-0.1, -0.05) is 36.4 Å². The van der Waals surface area contributed by atoms with Gasteiger partial charge in [-0.2, -0.15) is 10.5 Å². The van der Waals surface area contributed by atoms with E-state index < -0.39 is 0 Å². The van der Waals surface area contributed by atoms with E-state index in [2.05, 4.69) is 17.5 Å². The fourth-order valence-corrected chi connectivity index (χ4v) is 2.90. The molecular weight excluding hydrogens is 350 g/mol. The Morgan fingerprint density at radius 3 is 2.39 bits per heavy atom. The fraction of sp³-hybridized carbons (Fsp3) is 0.0870. The average Bonchev–Trinajstić information content (AvgIpc) is 2.75. The molecule has 1 N–H and O–H groups in total. The molecule has 0 unspecified atom stereocenters. The number of carbonyl (C=O) groups is 1. The Morgan fingerprint density at radius 2 is 1.68 bits per heavy atom. The Hall–Kier alpha value is -4.09. The molecule has 0 spiro atoms. The summed E-state index contributed by atoms with van der Waals surface area (Å²) in [6, 6.07) is 23.3. The highest BCUT2D eigenvalue weighted by atomic mass is 16.5. The van der Waals surface area contributed by atoms with Crippen molar-refractivity contribution in [3.63, 3.8) is 0 Å². The summed E-state index contributed by atoms with van der Waals surface area (Å²) in [5.41, 5.74) is 3.11. The van der Waals surface area contributed by atoms with E-state index in [4.69, 9.17) is 10.00 Å². The molecule has 0 heterocycles. The molecule has 0 saturated carbocycles. The molecule has 3 aromatic carbocycles. The second-order valence-electron chi connectivity index (χ2n) is 5.91. The molecule has 0 saturated heterocycles. The van der Waals surface area contributed by atoms with Gasteiger partial charge in [0.2, 0.25) is 0 Å². The minimum Gasteiger partial charge on any atom is -0.492 e. The van der Waals surface area contributed by atoms with Crippen LogP contribution in [0.5, 0.6) is 5.75 Å². The number of hydrogen-bond donors (Lipinski definition) is 1. The molecule has 0 aliphatic carbocycles. The van der Waals surface area contributed by atoms with Gasteiger partial charge in [0.15, 0.2) is 0 Å². The van der Waals surface area contributed by atoms with Gasteiger partial charge in [0.25, 0.3) is 5.91 Å². The number of amides is 1. The molecule has 0 atom stereocenters. The molecular formula is C23H17N3O2. The van der Waals surface area contributed by atoms with Gasteiger partial charge in [0.05, 0.1) is 35.6 Å². The summed E-state index contributed by atoms with van der Waals surface area (Å²) < 4.78 is 5.56. The fourth-order valence-electron chi connectivity index (χ4n) is 2.90. The van der Waals surface area contributed by atoms with Crippen LogP contribution >= 0.6 is 0 Å². The lowest BCUT2D eigenvalue weighted by atomic mass is 9.95. The van der Waals surface area contributed by atoms with Crippen molar-refractivity contribution in [2.75, 3.05) is 11.9 Å². The largest absolute Gasteiger partial charge is 0.492 e. The van der Waals surface area contributed by atoms with E-state index in [1.165, 1.54) is 0 Å². The van der Waals surface area contributed by atoms with Crippen LogP contribution in [0.1, 0.15) is 28.4 Å². The Labute approximate surface area is 163 Å². The first-order chi connectivity index (χ1) is 13.7. The third-order valence-corrected chi connectivity index (χ3v) is 4.17. The zero-order valence-electron chi connectivity index (χ0n) is 15.3. The van der Waals surface area contributed by atoms with Crippen molar-refractivity contribution in [1.82, 2.24) is 0 Å². The number of ether oxygens (including phenoxy) is 1. The van der Waals surface area contributed by atoms with E-state index in [0.29, 0.717) is 45.9 Å². The molecule has 0 aromatic heterocycles. The number of benzene rings is 3.